The highest BCUT2D eigenvalue weighted by Gasteiger charge is 2.49. The van der Waals surface area contributed by atoms with Crippen molar-refractivity contribution >= 4 is 5.91 Å². The number of nitrogens with zero attached hydrogens (tertiary/aromatic N) is 1. The molecule has 1 atom stereocenters. The van der Waals surface area contributed by atoms with Crippen molar-refractivity contribution in [1.29, 1.82) is 0 Å². The molecule has 0 radical (unpaired) electrons. The van der Waals surface area contributed by atoms with Crippen molar-refractivity contribution in [3.05, 3.63) is 35.9 Å². The van der Waals surface area contributed by atoms with E-state index in [4.69, 9.17) is 0 Å². The number of amides is 1. The van der Waals surface area contributed by atoms with Gasteiger partial charge in [-0.2, -0.15) is 0 Å². The zero-order chi connectivity index (χ0) is 14.0. The summed E-state index contributed by atoms with van der Waals surface area (Å²) in [6.07, 6.45) is 8.51. The summed E-state index contributed by atoms with van der Waals surface area (Å²) in [7, 11) is 1.97. The molecule has 0 N–H and O–H groups in total. The Hall–Kier alpha value is -1.31. The molecule has 2 heteroatoms. The van der Waals surface area contributed by atoms with Crippen LogP contribution in [0.15, 0.2) is 30.3 Å². The van der Waals surface area contributed by atoms with Crippen molar-refractivity contribution in [2.45, 2.75) is 50.4 Å². The molecule has 1 aromatic rings. The lowest BCUT2D eigenvalue weighted by Crippen LogP contribution is -2.54. The first-order chi connectivity index (χ1) is 9.75. The average molecular weight is 271 g/mol. The number of hydrogen-bond acceptors (Lipinski definition) is 1. The minimum atomic E-state index is -0.241. The van der Waals surface area contributed by atoms with E-state index in [1.807, 2.05) is 11.9 Å². The Morgan fingerprint density at radius 1 is 1.05 bits per heavy atom. The third-order valence-electron chi connectivity index (χ3n) is 5.38. The van der Waals surface area contributed by atoms with Gasteiger partial charge in [-0.05, 0) is 37.2 Å². The predicted octanol–water partition coefficient (Wildman–Crippen LogP) is 3.76. The molecule has 2 nitrogen and oxygen atoms in total. The molecular weight excluding hydrogens is 246 g/mol. The van der Waals surface area contributed by atoms with E-state index in [1.165, 1.54) is 37.7 Å². The maximum absolute atomic E-state index is 13.1. The topological polar surface area (TPSA) is 20.3 Å². The molecule has 1 aliphatic heterocycles. The fraction of sp³-hybridized carbons (Fsp3) is 0.611. The smallest absolute Gasteiger partial charge is 0.233 e. The second-order valence-corrected chi connectivity index (χ2v) is 6.50. The van der Waals surface area contributed by atoms with Crippen LogP contribution in [0, 0.1) is 5.92 Å². The van der Waals surface area contributed by atoms with E-state index in [-0.39, 0.29) is 5.41 Å². The molecule has 1 heterocycles. The molecule has 20 heavy (non-hydrogen) atoms. The van der Waals surface area contributed by atoms with Gasteiger partial charge in [0.05, 0.1) is 5.41 Å². The Labute approximate surface area is 122 Å². The first kappa shape index (κ1) is 13.7. The molecule has 1 aliphatic carbocycles. The third-order valence-corrected chi connectivity index (χ3v) is 5.38. The first-order valence-electron chi connectivity index (χ1n) is 8.06. The highest BCUT2D eigenvalue weighted by Crippen LogP contribution is 2.47. The first-order valence-corrected chi connectivity index (χ1v) is 8.06. The predicted molar refractivity (Wildman–Crippen MR) is 81.6 cm³/mol. The zero-order valence-corrected chi connectivity index (χ0v) is 12.5. The van der Waals surface area contributed by atoms with Gasteiger partial charge in [0.15, 0.2) is 0 Å². The number of rotatable bonds is 2. The minimum absolute atomic E-state index is 0.241. The molecule has 1 saturated heterocycles. The molecule has 108 valence electrons. The molecule has 1 aromatic carbocycles. The van der Waals surface area contributed by atoms with E-state index in [1.54, 1.807) is 0 Å². The van der Waals surface area contributed by atoms with Crippen LogP contribution >= 0.6 is 0 Å². The van der Waals surface area contributed by atoms with Gasteiger partial charge in [-0.1, -0.05) is 49.6 Å². The number of carbonyl (C=O) groups is 1. The van der Waals surface area contributed by atoms with Crippen LogP contribution in [0.3, 0.4) is 0 Å². The number of likely N-dealkylation sites (tertiary alicyclic amines) is 1. The Kier molecular flexibility index (Phi) is 3.82. The third kappa shape index (κ3) is 2.15. The molecule has 1 unspecified atom stereocenters. The maximum atomic E-state index is 13.1. The van der Waals surface area contributed by atoms with Crippen LogP contribution in [-0.4, -0.2) is 24.4 Å². The molecule has 3 rings (SSSR count). The van der Waals surface area contributed by atoms with E-state index in [9.17, 15) is 4.79 Å². The lowest BCUT2D eigenvalue weighted by Gasteiger charge is -2.47. The highest BCUT2D eigenvalue weighted by molar-refractivity contribution is 5.89. The van der Waals surface area contributed by atoms with Gasteiger partial charge >= 0.3 is 0 Å². The fourth-order valence-corrected chi connectivity index (χ4v) is 4.36. The Bertz CT molecular complexity index is 464. The van der Waals surface area contributed by atoms with Crippen molar-refractivity contribution in [3.8, 4) is 0 Å². The lowest BCUT2D eigenvalue weighted by atomic mass is 9.61. The quantitative estimate of drug-likeness (QED) is 0.802. The van der Waals surface area contributed by atoms with Gasteiger partial charge in [0.25, 0.3) is 0 Å². The number of carbonyl (C=O) groups excluding carboxylic acids is 1. The summed E-state index contributed by atoms with van der Waals surface area (Å²) in [6.45, 7) is 0.917. The average Bonchev–Trinajstić information content (AvgIpc) is 2.52. The SMILES string of the molecule is CN1CCCC(c2ccccc2)(C2CCCCC2)C1=O. The summed E-state index contributed by atoms with van der Waals surface area (Å²) in [4.78, 5) is 15.0. The summed E-state index contributed by atoms with van der Waals surface area (Å²) in [6, 6.07) is 10.6. The maximum Gasteiger partial charge on any atom is 0.233 e. The molecule has 1 amide bonds. The molecular formula is C18H25NO. The monoisotopic (exact) mass is 271 g/mol. The summed E-state index contributed by atoms with van der Waals surface area (Å²) < 4.78 is 0. The van der Waals surface area contributed by atoms with Crippen LogP contribution in [-0.2, 0) is 10.2 Å². The van der Waals surface area contributed by atoms with Crippen LogP contribution in [0.25, 0.3) is 0 Å². The Morgan fingerprint density at radius 3 is 2.45 bits per heavy atom. The van der Waals surface area contributed by atoms with E-state index in [0.29, 0.717) is 11.8 Å². The Balaban J connectivity index is 2.04. The van der Waals surface area contributed by atoms with Gasteiger partial charge in [0.1, 0.15) is 0 Å². The lowest BCUT2D eigenvalue weighted by molar-refractivity contribution is -0.142. The summed E-state index contributed by atoms with van der Waals surface area (Å²) in [5.74, 6) is 0.899. The van der Waals surface area contributed by atoms with E-state index in [0.717, 1.165) is 19.4 Å². The van der Waals surface area contributed by atoms with Gasteiger partial charge in [-0.15, -0.1) is 0 Å². The van der Waals surface area contributed by atoms with E-state index < -0.39 is 0 Å². The van der Waals surface area contributed by atoms with Crippen LogP contribution in [0.2, 0.25) is 0 Å². The number of piperidine rings is 1. The van der Waals surface area contributed by atoms with Crippen molar-refractivity contribution in [1.82, 2.24) is 4.90 Å². The summed E-state index contributed by atoms with van der Waals surface area (Å²) in [5, 5.41) is 0. The number of benzene rings is 1. The van der Waals surface area contributed by atoms with Gasteiger partial charge in [-0.25, -0.2) is 0 Å². The number of hydrogen-bond donors (Lipinski definition) is 0. The van der Waals surface area contributed by atoms with Crippen molar-refractivity contribution in [2.75, 3.05) is 13.6 Å². The highest BCUT2D eigenvalue weighted by atomic mass is 16.2. The fourth-order valence-electron chi connectivity index (χ4n) is 4.36. The zero-order valence-electron chi connectivity index (χ0n) is 12.5. The summed E-state index contributed by atoms with van der Waals surface area (Å²) in [5.41, 5.74) is 1.01. The van der Waals surface area contributed by atoms with Crippen LogP contribution in [0.5, 0.6) is 0 Å². The van der Waals surface area contributed by atoms with E-state index in [2.05, 4.69) is 30.3 Å². The van der Waals surface area contributed by atoms with Gasteiger partial charge < -0.3 is 4.90 Å². The molecule has 0 bridgehead atoms. The standard InChI is InChI=1S/C18H25NO/c1-19-14-8-13-18(17(19)20,15-9-4-2-5-10-15)16-11-6-3-7-12-16/h2,4-5,9-10,16H,3,6-8,11-14H2,1H3. The van der Waals surface area contributed by atoms with Gasteiger partial charge in [0.2, 0.25) is 5.91 Å². The molecule has 2 fully saturated rings. The summed E-state index contributed by atoms with van der Waals surface area (Å²) >= 11 is 0. The van der Waals surface area contributed by atoms with Crippen molar-refractivity contribution in [2.24, 2.45) is 5.92 Å². The normalized spacial score (nSPS) is 28.6. The number of likely N-dealkylation sites (N-methyl/N-ethyl adjacent to an activating group) is 1. The second-order valence-electron chi connectivity index (χ2n) is 6.50. The van der Waals surface area contributed by atoms with Crippen molar-refractivity contribution in [3.63, 3.8) is 0 Å². The molecule has 0 aromatic heterocycles. The second kappa shape index (κ2) is 5.59. The van der Waals surface area contributed by atoms with Gasteiger partial charge in [-0.3, -0.25) is 4.79 Å². The molecule has 2 aliphatic rings. The van der Waals surface area contributed by atoms with Gasteiger partial charge in [0, 0.05) is 13.6 Å². The van der Waals surface area contributed by atoms with Crippen LogP contribution in [0.4, 0.5) is 0 Å². The minimum Gasteiger partial charge on any atom is -0.345 e. The van der Waals surface area contributed by atoms with Crippen LogP contribution < -0.4 is 0 Å². The van der Waals surface area contributed by atoms with Crippen molar-refractivity contribution < 1.29 is 4.79 Å². The molecule has 0 spiro atoms. The van der Waals surface area contributed by atoms with Crippen LogP contribution in [0.1, 0.15) is 50.5 Å². The largest absolute Gasteiger partial charge is 0.345 e. The molecule has 1 saturated carbocycles. The van der Waals surface area contributed by atoms with E-state index >= 15 is 0 Å². The Morgan fingerprint density at radius 2 is 1.75 bits per heavy atom.